The highest BCUT2D eigenvalue weighted by atomic mass is 32.1. The van der Waals surface area contributed by atoms with Gasteiger partial charge in [-0.25, -0.2) is 0 Å². The quantitative estimate of drug-likeness (QED) is 0.313. The maximum atomic E-state index is 13.6. The van der Waals surface area contributed by atoms with E-state index in [4.69, 9.17) is 4.74 Å². The second-order valence-electron chi connectivity index (χ2n) is 10.2. The molecular formula is C30H29N3O3S. The number of rotatable bonds is 8. The van der Waals surface area contributed by atoms with Crippen LogP contribution < -0.4 is 10.1 Å². The third kappa shape index (κ3) is 4.54. The van der Waals surface area contributed by atoms with E-state index in [1.807, 2.05) is 43.3 Å². The molecule has 1 saturated heterocycles. The van der Waals surface area contributed by atoms with E-state index < -0.39 is 5.54 Å². The molecule has 1 amide bonds. The van der Waals surface area contributed by atoms with E-state index in [1.54, 1.807) is 6.20 Å². The van der Waals surface area contributed by atoms with Gasteiger partial charge in [0.2, 0.25) is 0 Å². The van der Waals surface area contributed by atoms with Gasteiger partial charge in [-0.2, -0.15) is 0 Å². The molecule has 0 bridgehead atoms. The van der Waals surface area contributed by atoms with E-state index in [2.05, 4.69) is 40.4 Å². The molecule has 1 aliphatic heterocycles. The Morgan fingerprint density at radius 3 is 2.78 bits per heavy atom. The molecule has 1 aliphatic carbocycles. The predicted octanol–water partition coefficient (Wildman–Crippen LogP) is 5.59. The van der Waals surface area contributed by atoms with Gasteiger partial charge in [-0.15, -0.1) is 11.3 Å². The van der Waals surface area contributed by atoms with Gasteiger partial charge in [-0.1, -0.05) is 12.1 Å². The number of ether oxygens (including phenoxy) is 1. The fourth-order valence-electron chi connectivity index (χ4n) is 5.07. The van der Waals surface area contributed by atoms with Gasteiger partial charge in [0.15, 0.2) is 6.29 Å². The number of fused-ring (bicyclic) bond motifs is 1. The Morgan fingerprint density at radius 2 is 2.08 bits per heavy atom. The molecule has 1 unspecified atom stereocenters. The van der Waals surface area contributed by atoms with Gasteiger partial charge in [-0.05, 0) is 98.9 Å². The van der Waals surface area contributed by atoms with Crippen LogP contribution in [0.15, 0.2) is 60.8 Å². The lowest BCUT2D eigenvalue weighted by Gasteiger charge is -2.37. The van der Waals surface area contributed by atoms with Crippen molar-refractivity contribution in [2.45, 2.75) is 37.8 Å². The van der Waals surface area contributed by atoms with Crippen LogP contribution in [0.4, 0.5) is 0 Å². The van der Waals surface area contributed by atoms with Crippen LogP contribution >= 0.6 is 11.3 Å². The summed E-state index contributed by atoms with van der Waals surface area (Å²) in [5.74, 6) is 0.629. The second kappa shape index (κ2) is 9.39. The van der Waals surface area contributed by atoms with Gasteiger partial charge < -0.3 is 10.1 Å². The smallest absolute Gasteiger partial charge is 0.252 e. The Morgan fingerprint density at radius 1 is 1.22 bits per heavy atom. The Bertz CT molecular complexity index is 1510. The number of likely N-dealkylation sites (tertiary alicyclic amines) is 1. The van der Waals surface area contributed by atoms with E-state index in [0.29, 0.717) is 23.1 Å². The highest BCUT2D eigenvalue weighted by Gasteiger charge is 2.47. The van der Waals surface area contributed by atoms with Crippen molar-refractivity contribution < 1.29 is 14.3 Å². The number of carbonyl (C=O) groups is 2. The minimum Gasteiger partial charge on any atom is -0.492 e. The van der Waals surface area contributed by atoms with Crippen LogP contribution in [0.1, 0.15) is 50.4 Å². The summed E-state index contributed by atoms with van der Waals surface area (Å²) in [4.78, 5) is 33.5. The van der Waals surface area contributed by atoms with Crippen molar-refractivity contribution in [3.05, 3.63) is 82.4 Å². The first kappa shape index (κ1) is 23.8. The van der Waals surface area contributed by atoms with Gasteiger partial charge in [0, 0.05) is 28.1 Å². The van der Waals surface area contributed by atoms with Crippen molar-refractivity contribution in [3.63, 3.8) is 0 Å². The highest BCUT2D eigenvalue weighted by molar-refractivity contribution is 7.17. The van der Waals surface area contributed by atoms with E-state index in [1.165, 1.54) is 11.3 Å². The third-order valence-corrected chi connectivity index (χ3v) is 8.76. The first-order valence-electron chi connectivity index (χ1n) is 12.7. The zero-order valence-electron chi connectivity index (χ0n) is 21.0. The number of nitrogens with one attached hydrogen (secondary N) is 1. The standard InChI is InChI=1S/C30H29N3O3S/c1-19-5-6-22(36-18-21-9-13-33(21)2)16-25(19)29(35)32-30(10-11-30)26-14-20(28-8-7-23(17-34)37-28)15-27-24(26)4-3-12-31-27/h3-8,12,14-17,21H,9-11,13,18H2,1-2H3,(H,32,35). The molecule has 2 aliphatic rings. The van der Waals surface area contributed by atoms with E-state index in [9.17, 15) is 9.59 Å². The minimum atomic E-state index is -0.447. The van der Waals surface area contributed by atoms with Crippen LogP contribution in [-0.4, -0.2) is 48.3 Å². The molecular weight excluding hydrogens is 482 g/mol. The SMILES string of the molecule is Cc1ccc(OCC2CCN2C)cc1C(=O)NC1(c2cc(-c3ccc(C=O)s3)cc3ncccc23)CC1. The van der Waals surface area contributed by atoms with Crippen molar-refractivity contribution in [2.24, 2.45) is 0 Å². The molecule has 0 spiro atoms. The maximum absolute atomic E-state index is 13.6. The monoisotopic (exact) mass is 511 g/mol. The normalized spacial score (nSPS) is 18.3. The zero-order chi connectivity index (χ0) is 25.6. The number of aldehydes is 1. The molecule has 1 saturated carbocycles. The number of amides is 1. The summed E-state index contributed by atoms with van der Waals surface area (Å²) in [6.45, 7) is 3.69. The van der Waals surface area contributed by atoms with Crippen LogP contribution in [0.5, 0.6) is 5.75 Å². The van der Waals surface area contributed by atoms with Crippen molar-refractivity contribution in [1.29, 1.82) is 0 Å². The number of hydrogen-bond acceptors (Lipinski definition) is 6. The highest BCUT2D eigenvalue weighted by Crippen LogP contribution is 2.49. The van der Waals surface area contributed by atoms with Gasteiger partial charge >= 0.3 is 0 Å². The first-order valence-corrected chi connectivity index (χ1v) is 13.5. The number of nitrogens with zero attached hydrogens (tertiary/aromatic N) is 2. The predicted molar refractivity (Wildman–Crippen MR) is 147 cm³/mol. The molecule has 7 heteroatoms. The second-order valence-corrected chi connectivity index (χ2v) is 11.3. The minimum absolute atomic E-state index is 0.0944. The summed E-state index contributed by atoms with van der Waals surface area (Å²) >= 11 is 1.46. The number of pyridine rings is 1. The van der Waals surface area contributed by atoms with Crippen LogP contribution in [0.3, 0.4) is 0 Å². The fourth-order valence-corrected chi connectivity index (χ4v) is 5.88. The Kier molecular flexibility index (Phi) is 6.05. The average molecular weight is 512 g/mol. The van der Waals surface area contributed by atoms with Gasteiger partial charge in [0.05, 0.1) is 15.9 Å². The topological polar surface area (TPSA) is 71.5 Å². The summed E-state index contributed by atoms with van der Waals surface area (Å²) in [6.07, 6.45) is 5.53. The Hall–Kier alpha value is -3.55. The summed E-state index contributed by atoms with van der Waals surface area (Å²) in [5, 5.41) is 4.40. The van der Waals surface area contributed by atoms with Gasteiger partial charge in [0.1, 0.15) is 12.4 Å². The Labute approximate surface area is 220 Å². The fraction of sp³-hybridized carbons (Fsp3) is 0.300. The summed E-state index contributed by atoms with van der Waals surface area (Å²) in [7, 11) is 2.11. The number of hydrogen-bond donors (Lipinski definition) is 1. The van der Waals surface area contributed by atoms with Gasteiger partial charge in [-0.3, -0.25) is 19.5 Å². The maximum Gasteiger partial charge on any atom is 0.252 e. The van der Waals surface area contributed by atoms with E-state index in [-0.39, 0.29) is 5.91 Å². The number of thiophene rings is 1. The molecule has 37 heavy (non-hydrogen) atoms. The molecule has 4 aromatic rings. The van der Waals surface area contributed by atoms with Crippen LogP contribution in [0.25, 0.3) is 21.3 Å². The van der Waals surface area contributed by atoms with E-state index >= 15 is 0 Å². The molecule has 2 aromatic heterocycles. The summed E-state index contributed by atoms with van der Waals surface area (Å²) in [6, 6.07) is 18.2. The average Bonchev–Trinajstić information content (AvgIpc) is 3.52. The summed E-state index contributed by atoms with van der Waals surface area (Å²) in [5.41, 5.74) is 4.06. The molecule has 6 rings (SSSR count). The molecule has 2 fully saturated rings. The van der Waals surface area contributed by atoms with Crippen LogP contribution in [0.2, 0.25) is 0 Å². The van der Waals surface area contributed by atoms with Crippen molar-refractivity contribution in [3.8, 4) is 16.2 Å². The van der Waals surface area contributed by atoms with Crippen molar-refractivity contribution in [1.82, 2.24) is 15.2 Å². The molecule has 6 nitrogen and oxygen atoms in total. The lowest BCUT2D eigenvalue weighted by Crippen LogP contribution is -2.48. The van der Waals surface area contributed by atoms with Gasteiger partial charge in [0.25, 0.3) is 5.91 Å². The third-order valence-electron chi connectivity index (χ3n) is 7.70. The van der Waals surface area contributed by atoms with E-state index in [0.717, 1.165) is 70.3 Å². The number of aromatic nitrogens is 1. The molecule has 0 radical (unpaired) electrons. The summed E-state index contributed by atoms with van der Waals surface area (Å²) < 4.78 is 6.04. The number of carbonyl (C=O) groups excluding carboxylic acids is 2. The largest absolute Gasteiger partial charge is 0.492 e. The molecule has 1 atom stereocenters. The van der Waals surface area contributed by atoms with Crippen LogP contribution in [-0.2, 0) is 5.54 Å². The molecule has 188 valence electrons. The van der Waals surface area contributed by atoms with Crippen molar-refractivity contribution >= 4 is 34.4 Å². The van der Waals surface area contributed by atoms with Crippen molar-refractivity contribution in [2.75, 3.05) is 20.2 Å². The molecule has 1 N–H and O–H groups in total. The molecule has 3 heterocycles. The van der Waals surface area contributed by atoms with Crippen LogP contribution in [0, 0.1) is 6.92 Å². The first-order chi connectivity index (χ1) is 18.0. The number of likely N-dealkylation sites (N-methyl/N-ethyl adjacent to an activating group) is 1. The lowest BCUT2D eigenvalue weighted by atomic mass is 9.95. The lowest BCUT2D eigenvalue weighted by molar-refractivity contribution is 0.0767. The molecule has 2 aromatic carbocycles. The zero-order valence-corrected chi connectivity index (χ0v) is 21.8. The number of benzene rings is 2. The number of aryl methyl sites for hydroxylation is 1. The Balaban J connectivity index is 1.30.